The largest absolute Gasteiger partial charge is 0.429 e. The summed E-state index contributed by atoms with van der Waals surface area (Å²) in [6.07, 6.45) is 1.28. The van der Waals surface area contributed by atoms with Gasteiger partial charge in [-0.3, -0.25) is 0 Å². The second kappa shape index (κ2) is 4.03. The third kappa shape index (κ3) is 1.90. The molecule has 0 bridgehead atoms. The van der Waals surface area contributed by atoms with Crippen molar-refractivity contribution in [3.05, 3.63) is 39.8 Å². The molecule has 0 fully saturated rings. The molecule has 1 aromatic carbocycles. The number of benzene rings is 1. The van der Waals surface area contributed by atoms with Crippen LogP contribution in [0.15, 0.2) is 44.8 Å². The second-order valence-corrected chi connectivity index (χ2v) is 6.03. The SMILES string of the molecule is CC1=CN=C(Oc2ccccc2Br)S1(=O)=O. The molecular formula is C10H8BrNO3S. The highest BCUT2D eigenvalue weighted by Crippen LogP contribution is 2.26. The maximum Gasteiger partial charge on any atom is 0.320 e. The fraction of sp³-hybridized carbons (Fsp3) is 0.100. The molecule has 4 nitrogen and oxygen atoms in total. The maximum absolute atomic E-state index is 11.7. The van der Waals surface area contributed by atoms with E-state index in [-0.39, 0.29) is 10.1 Å². The van der Waals surface area contributed by atoms with Crippen LogP contribution < -0.4 is 4.74 Å². The van der Waals surface area contributed by atoms with Gasteiger partial charge in [-0.25, -0.2) is 13.4 Å². The van der Waals surface area contributed by atoms with Crippen molar-refractivity contribution >= 4 is 31.0 Å². The zero-order valence-electron chi connectivity index (χ0n) is 8.34. The monoisotopic (exact) mass is 301 g/mol. The first kappa shape index (κ1) is 11.3. The van der Waals surface area contributed by atoms with Crippen LogP contribution in [0.5, 0.6) is 5.75 Å². The van der Waals surface area contributed by atoms with Gasteiger partial charge in [0.1, 0.15) is 5.75 Å². The summed E-state index contributed by atoms with van der Waals surface area (Å²) < 4.78 is 29.3. The van der Waals surface area contributed by atoms with Crippen LogP contribution in [0.25, 0.3) is 0 Å². The molecule has 2 rings (SSSR count). The minimum atomic E-state index is -3.51. The van der Waals surface area contributed by atoms with Gasteiger partial charge in [-0.2, -0.15) is 0 Å². The van der Waals surface area contributed by atoms with Crippen LogP contribution in [0.1, 0.15) is 6.92 Å². The van der Waals surface area contributed by atoms with Crippen molar-refractivity contribution in [1.82, 2.24) is 0 Å². The van der Waals surface area contributed by atoms with Gasteiger partial charge in [0.15, 0.2) is 0 Å². The van der Waals surface area contributed by atoms with Crippen molar-refractivity contribution in [3.63, 3.8) is 0 Å². The first-order valence-corrected chi connectivity index (χ1v) is 6.71. The van der Waals surface area contributed by atoms with E-state index in [9.17, 15) is 8.42 Å². The van der Waals surface area contributed by atoms with Gasteiger partial charge in [0, 0.05) is 6.20 Å². The lowest BCUT2D eigenvalue weighted by Crippen LogP contribution is -2.18. The van der Waals surface area contributed by atoms with Crippen LogP contribution in [0.2, 0.25) is 0 Å². The molecule has 0 aromatic heterocycles. The summed E-state index contributed by atoms with van der Waals surface area (Å²) >= 11 is 3.26. The van der Waals surface area contributed by atoms with E-state index in [0.717, 1.165) is 0 Å². The number of sulfone groups is 1. The van der Waals surface area contributed by atoms with Crippen LogP contribution >= 0.6 is 15.9 Å². The van der Waals surface area contributed by atoms with Crippen molar-refractivity contribution < 1.29 is 13.2 Å². The van der Waals surface area contributed by atoms with E-state index in [4.69, 9.17) is 4.74 Å². The third-order valence-corrected chi connectivity index (χ3v) is 4.30. The summed E-state index contributed by atoms with van der Waals surface area (Å²) in [5.74, 6) is 0.424. The molecule has 0 saturated carbocycles. The number of para-hydroxylation sites is 1. The molecule has 1 aromatic rings. The molecule has 0 atom stereocenters. The Kier molecular flexibility index (Phi) is 2.86. The van der Waals surface area contributed by atoms with Gasteiger partial charge in [-0.1, -0.05) is 12.1 Å². The van der Waals surface area contributed by atoms with E-state index >= 15 is 0 Å². The Hall–Kier alpha value is -1.14. The minimum Gasteiger partial charge on any atom is -0.429 e. The molecule has 0 amide bonds. The summed E-state index contributed by atoms with van der Waals surface area (Å²) in [7, 11) is -3.51. The molecular weight excluding hydrogens is 294 g/mol. The Morgan fingerprint density at radius 3 is 2.56 bits per heavy atom. The van der Waals surface area contributed by atoms with Crippen molar-refractivity contribution in [1.29, 1.82) is 0 Å². The van der Waals surface area contributed by atoms with Crippen LogP contribution in [-0.2, 0) is 9.84 Å². The Balaban J connectivity index is 2.30. The van der Waals surface area contributed by atoms with Crippen molar-refractivity contribution in [2.45, 2.75) is 6.92 Å². The number of ether oxygens (including phenoxy) is 1. The van der Waals surface area contributed by atoms with Gasteiger partial charge >= 0.3 is 5.23 Å². The Labute approximate surface area is 102 Å². The molecule has 1 heterocycles. The zero-order chi connectivity index (χ0) is 11.8. The van der Waals surface area contributed by atoms with E-state index < -0.39 is 9.84 Å². The van der Waals surface area contributed by atoms with E-state index in [1.165, 1.54) is 13.1 Å². The minimum absolute atomic E-state index is 0.189. The van der Waals surface area contributed by atoms with Gasteiger partial charge in [0.2, 0.25) is 0 Å². The quantitative estimate of drug-likeness (QED) is 0.801. The first-order chi connectivity index (χ1) is 7.51. The van der Waals surface area contributed by atoms with E-state index in [1.807, 2.05) is 6.07 Å². The van der Waals surface area contributed by atoms with Crippen LogP contribution in [0.3, 0.4) is 0 Å². The van der Waals surface area contributed by atoms with Crippen LogP contribution in [0, 0.1) is 0 Å². The molecule has 16 heavy (non-hydrogen) atoms. The van der Waals surface area contributed by atoms with Crippen molar-refractivity contribution in [2.75, 3.05) is 0 Å². The molecule has 0 spiro atoms. The smallest absolute Gasteiger partial charge is 0.320 e. The zero-order valence-corrected chi connectivity index (χ0v) is 10.7. The molecule has 6 heteroatoms. The molecule has 1 aliphatic heterocycles. The first-order valence-electron chi connectivity index (χ1n) is 4.44. The standard InChI is InChI=1S/C10H8BrNO3S/c1-7-6-12-10(16(7,13)14)15-9-5-3-2-4-8(9)11/h2-6H,1H3. The van der Waals surface area contributed by atoms with Crippen molar-refractivity contribution in [3.8, 4) is 5.75 Å². The van der Waals surface area contributed by atoms with Gasteiger partial charge < -0.3 is 4.74 Å². The highest BCUT2D eigenvalue weighted by Gasteiger charge is 2.29. The van der Waals surface area contributed by atoms with Gasteiger partial charge in [0.25, 0.3) is 9.84 Å². The summed E-state index contributed by atoms with van der Waals surface area (Å²) in [4.78, 5) is 3.92. The highest BCUT2D eigenvalue weighted by molar-refractivity contribution is 9.10. The summed E-state index contributed by atoms with van der Waals surface area (Å²) in [5.41, 5.74) is 0. The van der Waals surface area contributed by atoms with Crippen LogP contribution in [0.4, 0.5) is 0 Å². The molecule has 84 valence electrons. The van der Waals surface area contributed by atoms with Gasteiger partial charge in [0.05, 0.1) is 9.38 Å². The van der Waals surface area contributed by atoms with E-state index in [1.54, 1.807) is 18.2 Å². The maximum atomic E-state index is 11.7. The fourth-order valence-corrected chi connectivity index (χ4v) is 2.35. The summed E-state index contributed by atoms with van der Waals surface area (Å²) in [5, 5.41) is -0.281. The average molecular weight is 302 g/mol. The molecule has 1 aliphatic rings. The number of aliphatic imine (C=N–C) groups is 1. The molecule has 0 N–H and O–H groups in total. The number of hydrogen-bond acceptors (Lipinski definition) is 4. The predicted octanol–water partition coefficient (Wildman–Crippen LogP) is 2.47. The van der Waals surface area contributed by atoms with E-state index in [0.29, 0.717) is 10.2 Å². The second-order valence-electron chi connectivity index (χ2n) is 3.17. The average Bonchev–Trinajstić information content (AvgIpc) is 2.48. The lowest BCUT2D eigenvalue weighted by atomic mass is 10.3. The Morgan fingerprint density at radius 1 is 1.31 bits per heavy atom. The molecule has 0 radical (unpaired) electrons. The molecule has 0 saturated heterocycles. The van der Waals surface area contributed by atoms with Gasteiger partial charge in [-0.15, -0.1) is 0 Å². The van der Waals surface area contributed by atoms with Crippen LogP contribution in [-0.4, -0.2) is 13.6 Å². The highest BCUT2D eigenvalue weighted by atomic mass is 79.9. The number of nitrogens with zero attached hydrogens (tertiary/aromatic N) is 1. The number of rotatable bonds is 1. The summed E-state index contributed by atoms with van der Waals surface area (Å²) in [6.45, 7) is 1.48. The molecule has 0 aliphatic carbocycles. The molecule has 0 unspecified atom stereocenters. The summed E-state index contributed by atoms with van der Waals surface area (Å²) in [6, 6.07) is 6.99. The normalized spacial score (nSPS) is 17.9. The lowest BCUT2D eigenvalue weighted by Gasteiger charge is -2.06. The Morgan fingerprint density at radius 2 is 2.00 bits per heavy atom. The number of allylic oxidation sites excluding steroid dienone is 1. The van der Waals surface area contributed by atoms with E-state index in [2.05, 4.69) is 20.9 Å². The topological polar surface area (TPSA) is 55.7 Å². The fourth-order valence-electron chi connectivity index (χ4n) is 1.12. The van der Waals surface area contributed by atoms with Gasteiger partial charge in [-0.05, 0) is 35.0 Å². The van der Waals surface area contributed by atoms with Crippen molar-refractivity contribution in [2.24, 2.45) is 4.99 Å². The number of hydrogen-bond donors (Lipinski definition) is 0. The third-order valence-electron chi connectivity index (χ3n) is 2.04. The predicted molar refractivity (Wildman–Crippen MR) is 64.9 cm³/mol. The number of halogens is 1. The lowest BCUT2D eigenvalue weighted by molar-refractivity contribution is 0.546. The Bertz CT molecular complexity index is 590.